The zero-order valence-electron chi connectivity index (χ0n) is 5.55. The first kappa shape index (κ1) is 6.11. The van der Waals surface area contributed by atoms with Gasteiger partial charge in [0.1, 0.15) is 5.41 Å². The van der Waals surface area contributed by atoms with Crippen LogP contribution < -0.4 is 0 Å². The molecular weight excluding hydrogens is 112 g/mol. The third-order valence-electron chi connectivity index (χ3n) is 2.45. The van der Waals surface area contributed by atoms with Crippen LogP contribution in [0.2, 0.25) is 0 Å². The number of hydrogen-bond donors (Lipinski definition) is 0. The lowest BCUT2D eigenvalue weighted by Crippen LogP contribution is -1.94. The predicted molar refractivity (Wildman–Crippen MR) is 32.0 cm³/mol. The van der Waals surface area contributed by atoms with E-state index in [1.54, 1.807) is 0 Å². The van der Waals surface area contributed by atoms with Crippen LogP contribution >= 0.6 is 0 Å². The SMILES string of the molecule is C[C@@H]1[C@H](C)C1(C#N)C#N. The molecular formula is C7H8N2. The molecule has 9 heavy (non-hydrogen) atoms. The van der Waals surface area contributed by atoms with Crippen LogP contribution in [0, 0.1) is 39.9 Å². The van der Waals surface area contributed by atoms with Crippen molar-refractivity contribution in [3.8, 4) is 12.1 Å². The van der Waals surface area contributed by atoms with Crippen LogP contribution in [0.5, 0.6) is 0 Å². The Morgan fingerprint density at radius 1 is 1.11 bits per heavy atom. The summed E-state index contributed by atoms with van der Waals surface area (Å²) in [5.74, 6) is 0.542. The first-order valence-electron chi connectivity index (χ1n) is 3.01. The summed E-state index contributed by atoms with van der Waals surface area (Å²) < 4.78 is 0. The largest absolute Gasteiger partial charge is 0.197 e. The highest BCUT2D eigenvalue weighted by atomic mass is 14.6. The van der Waals surface area contributed by atoms with Gasteiger partial charge in [-0.1, -0.05) is 13.8 Å². The average molecular weight is 120 g/mol. The molecule has 0 N–H and O–H groups in total. The van der Waals surface area contributed by atoms with Crippen LogP contribution in [-0.4, -0.2) is 0 Å². The van der Waals surface area contributed by atoms with Crippen molar-refractivity contribution >= 4 is 0 Å². The molecule has 0 amide bonds. The van der Waals surface area contributed by atoms with Gasteiger partial charge in [-0.25, -0.2) is 0 Å². The number of hydrogen-bond acceptors (Lipinski definition) is 2. The molecule has 1 aliphatic rings. The maximum absolute atomic E-state index is 8.52. The van der Waals surface area contributed by atoms with E-state index in [0.29, 0.717) is 0 Å². The molecule has 46 valence electrons. The van der Waals surface area contributed by atoms with E-state index in [-0.39, 0.29) is 11.8 Å². The minimum Gasteiger partial charge on any atom is -0.197 e. The van der Waals surface area contributed by atoms with Crippen LogP contribution in [0.15, 0.2) is 0 Å². The molecule has 0 spiro atoms. The minimum absolute atomic E-state index is 0.271. The van der Waals surface area contributed by atoms with Gasteiger partial charge >= 0.3 is 0 Å². The topological polar surface area (TPSA) is 47.6 Å². The summed E-state index contributed by atoms with van der Waals surface area (Å²) in [6.07, 6.45) is 0. The van der Waals surface area contributed by atoms with Crippen LogP contribution in [0.3, 0.4) is 0 Å². The lowest BCUT2D eigenvalue weighted by Gasteiger charge is -1.86. The van der Waals surface area contributed by atoms with Crippen LogP contribution in [0.4, 0.5) is 0 Å². The first-order valence-corrected chi connectivity index (χ1v) is 3.01. The quantitative estimate of drug-likeness (QED) is 0.483. The molecule has 1 fully saturated rings. The third kappa shape index (κ3) is 0.481. The van der Waals surface area contributed by atoms with Crippen molar-refractivity contribution in [2.24, 2.45) is 17.3 Å². The minimum atomic E-state index is -0.639. The lowest BCUT2D eigenvalue weighted by molar-refractivity contribution is 0.762. The summed E-state index contributed by atoms with van der Waals surface area (Å²) in [5.41, 5.74) is -0.639. The van der Waals surface area contributed by atoms with Gasteiger partial charge in [-0.05, 0) is 11.8 Å². The molecule has 0 aromatic carbocycles. The Kier molecular flexibility index (Phi) is 1.01. The van der Waals surface area contributed by atoms with E-state index in [9.17, 15) is 0 Å². The second kappa shape index (κ2) is 1.48. The molecule has 0 aromatic rings. The van der Waals surface area contributed by atoms with Gasteiger partial charge in [0.25, 0.3) is 0 Å². The van der Waals surface area contributed by atoms with E-state index in [1.165, 1.54) is 0 Å². The summed E-state index contributed by atoms with van der Waals surface area (Å²) in [6.45, 7) is 3.88. The number of rotatable bonds is 0. The summed E-state index contributed by atoms with van der Waals surface area (Å²) >= 11 is 0. The van der Waals surface area contributed by atoms with Gasteiger partial charge in [-0.15, -0.1) is 0 Å². The predicted octanol–water partition coefficient (Wildman–Crippen LogP) is 1.31. The fourth-order valence-electron chi connectivity index (χ4n) is 1.21. The molecule has 2 nitrogen and oxygen atoms in total. The van der Waals surface area contributed by atoms with Gasteiger partial charge in [-0.2, -0.15) is 10.5 Å². The molecule has 0 aromatic heterocycles. The summed E-state index contributed by atoms with van der Waals surface area (Å²) in [7, 11) is 0. The molecule has 2 atom stereocenters. The molecule has 1 rings (SSSR count). The van der Waals surface area contributed by atoms with Crippen molar-refractivity contribution in [2.45, 2.75) is 13.8 Å². The van der Waals surface area contributed by atoms with Gasteiger partial charge in [0.05, 0.1) is 12.1 Å². The van der Waals surface area contributed by atoms with Crippen molar-refractivity contribution in [1.82, 2.24) is 0 Å². The zero-order valence-corrected chi connectivity index (χ0v) is 5.55. The Balaban J connectivity index is 2.84. The lowest BCUT2D eigenvalue weighted by atomic mass is 10.1. The molecule has 1 saturated carbocycles. The molecule has 0 aliphatic heterocycles. The standard InChI is InChI=1S/C7H8N2/c1-5-6(2)7(5,3-8)4-9/h5-6H,1-2H3/t5-,6+. The highest BCUT2D eigenvalue weighted by Crippen LogP contribution is 2.57. The third-order valence-corrected chi connectivity index (χ3v) is 2.45. The van der Waals surface area contributed by atoms with Crippen molar-refractivity contribution in [1.29, 1.82) is 10.5 Å². The smallest absolute Gasteiger partial charge is 0.149 e. The Bertz CT molecular complexity index is 182. The summed E-state index contributed by atoms with van der Waals surface area (Å²) in [5, 5.41) is 17.0. The fraction of sp³-hybridized carbons (Fsp3) is 0.714. The summed E-state index contributed by atoms with van der Waals surface area (Å²) in [4.78, 5) is 0. The van der Waals surface area contributed by atoms with Gasteiger partial charge in [0, 0.05) is 0 Å². The van der Waals surface area contributed by atoms with E-state index in [1.807, 2.05) is 26.0 Å². The zero-order chi connectivity index (χ0) is 7.07. The van der Waals surface area contributed by atoms with Gasteiger partial charge in [-0.3, -0.25) is 0 Å². The average Bonchev–Trinajstić information content (AvgIpc) is 2.39. The van der Waals surface area contributed by atoms with E-state index in [2.05, 4.69) is 0 Å². The fourth-order valence-corrected chi connectivity index (χ4v) is 1.21. The maximum atomic E-state index is 8.52. The van der Waals surface area contributed by atoms with E-state index in [4.69, 9.17) is 10.5 Å². The second-order valence-electron chi connectivity index (χ2n) is 2.67. The molecule has 0 unspecified atom stereocenters. The summed E-state index contributed by atoms with van der Waals surface area (Å²) in [6, 6.07) is 4.08. The second-order valence-corrected chi connectivity index (χ2v) is 2.67. The van der Waals surface area contributed by atoms with E-state index >= 15 is 0 Å². The number of nitriles is 2. The monoisotopic (exact) mass is 120 g/mol. The molecule has 0 bridgehead atoms. The van der Waals surface area contributed by atoms with Crippen molar-refractivity contribution < 1.29 is 0 Å². The highest BCUT2D eigenvalue weighted by molar-refractivity contribution is 5.30. The molecule has 0 saturated heterocycles. The Labute approximate surface area is 54.7 Å². The molecule has 0 heterocycles. The first-order chi connectivity index (χ1) is 4.19. The molecule has 1 aliphatic carbocycles. The Hall–Kier alpha value is -1.02. The molecule has 2 heteroatoms. The Morgan fingerprint density at radius 2 is 1.44 bits per heavy atom. The number of nitrogens with zero attached hydrogens (tertiary/aromatic N) is 2. The van der Waals surface area contributed by atoms with Crippen LogP contribution in [-0.2, 0) is 0 Å². The van der Waals surface area contributed by atoms with E-state index < -0.39 is 5.41 Å². The van der Waals surface area contributed by atoms with Crippen LogP contribution in [0.1, 0.15) is 13.8 Å². The van der Waals surface area contributed by atoms with E-state index in [0.717, 1.165) is 0 Å². The Morgan fingerprint density at radius 3 is 1.44 bits per heavy atom. The van der Waals surface area contributed by atoms with Crippen molar-refractivity contribution in [3.63, 3.8) is 0 Å². The maximum Gasteiger partial charge on any atom is 0.149 e. The normalized spacial score (nSPS) is 36.4. The van der Waals surface area contributed by atoms with Crippen molar-refractivity contribution in [3.05, 3.63) is 0 Å². The highest BCUT2D eigenvalue weighted by Gasteiger charge is 2.61. The van der Waals surface area contributed by atoms with Gasteiger partial charge in [0.2, 0.25) is 0 Å². The van der Waals surface area contributed by atoms with Crippen molar-refractivity contribution in [2.75, 3.05) is 0 Å². The van der Waals surface area contributed by atoms with Gasteiger partial charge in [0.15, 0.2) is 0 Å². The van der Waals surface area contributed by atoms with Gasteiger partial charge < -0.3 is 0 Å². The molecule has 0 radical (unpaired) electrons. The van der Waals surface area contributed by atoms with Crippen LogP contribution in [0.25, 0.3) is 0 Å².